The molecule has 100 valence electrons. The Morgan fingerprint density at radius 3 is 2.72 bits per heavy atom. The minimum Gasteiger partial charge on any atom is -0.467 e. The van der Waals surface area contributed by atoms with Crippen LogP contribution in [0, 0.1) is 0 Å². The maximum absolute atomic E-state index is 5.76. The number of hydrogen-bond donors (Lipinski definition) is 1. The van der Waals surface area contributed by atoms with Crippen LogP contribution in [0.4, 0.5) is 5.95 Å². The molecule has 0 bridgehead atoms. The van der Waals surface area contributed by atoms with Gasteiger partial charge < -0.3 is 15.0 Å². The van der Waals surface area contributed by atoms with Crippen LogP contribution in [0.5, 0.6) is 6.01 Å². The first-order valence-corrected chi connectivity index (χ1v) is 6.57. The second-order valence-electron chi connectivity index (χ2n) is 4.24. The minimum absolute atomic E-state index is 0.141. The number of piperidine rings is 1. The fourth-order valence-electron chi connectivity index (χ4n) is 2.01. The van der Waals surface area contributed by atoms with E-state index in [9.17, 15) is 0 Å². The molecule has 0 saturated carbocycles. The Labute approximate surface area is 112 Å². The van der Waals surface area contributed by atoms with E-state index in [1.54, 1.807) is 0 Å². The first-order valence-electron chi connectivity index (χ1n) is 6.20. The maximum Gasteiger partial charge on any atom is 0.322 e. The molecular formula is C11H18ClN5O. The molecule has 1 aromatic heterocycles. The molecule has 18 heavy (non-hydrogen) atoms. The van der Waals surface area contributed by atoms with Crippen molar-refractivity contribution in [2.75, 3.05) is 38.6 Å². The highest BCUT2D eigenvalue weighted by molar-refractivity contribution is 6.28. The lowest BCUT2D eigenvalue weighted by Gasteiger charge is -2.26. The van der Waals surface area contributed by atoms with Gasteiger partial charge in [-0.25, -0.2) is 0 Å². The molecule has 1 saturated heterocycles. The Bertz CT molecular complexity index is 384. The fourth-order valence-corrected chi connectivity index (χ4v) is 2.16. The SMILES string of the molecule is COc1nc(Cl)nc(NCCN2CCCCC2)n1. The topological polar surface area (TPSA) is 63.2 Å². The van der Waals surface area contributed by atoms with Gasteiger partial charge in [0.05, 0.1) is 7.11 Å². The summed E-state index contributed by atoms with van der Waals surface area (Å²) < 4.78 is 4.93. The Kier molecular flexibility index (Phi) is 4.95. The quantitative estimate of drug-likeness (QED) is 0.874. The van der Waals surface area contributed by atoms with Gasteiger partial charge in [0, 0.05) is 13.1 Å². The number of aromatic nitrogens is 3. The first-order chi connectivity index (χ1) is 8.78. The average molecular weight is 272 g/mol. The third-order valence-electron chi connectivity index (χ3n) is 2.93. The van der Waals surface area contributed by atoms with Crippen molar-refractivity contribution in [1.82, 2.24) is 19.9 Å². The molecule has 0 atom stereocenters. The van der Waals surface area contributed by atoms with Gasteiger partial charge in [-0.05, 0) is 37.5 Å². The number of halogens is 1. The summed E-state index contributed by atoms with van der Waals surface area (Å²) in [6.07, 6.45) is 3.95. The molecule has 1 N–H and O–H groups in total. The molecule has 0 aromatic carbocycles. The highest BCUT2D eigenvalue weighted by atomic mass is 35.5. The molecule has 0 radical (unpaired) electrons. The normalized spacial score (nSPS) is 16.6. The number of hydrogen-bond acceptors (Lipinski definition) is 6. The van der Waals surface area contributed by atoms with E-state index in [0.717, 1.165) is 13.1 Å². The van der Waals surface area contributed by atoms with Crippen molar-refractivity contribution < 1.29 is 4.74 Å². The van der Waals surface area contributed by atoms with Crippen molar-refractivity contribution in [3.8, 4) is 6.01 Å². The number of rotatable bonds is 5. The second kappa shape index (κ2) is 6.70. The van der Waals surface area contributed by atoms with Crippen molar-refractivity contribution in [1.29, 1.82) is 0 Å². The predicted molar refractivity (Wildman–Crippen MR) is 70.2 cm³/mol. The summed E-state index contributed by atoms with van der Waals surface area (Å²) in [5, 5.41) is 3.28. The molecule has 2 heterocycles. The lowest BCUT2D eigenvalue weighted by molar-refractivity contribution is 0.237. The second-order valence-corrected chi connectivity index (χ2v) is 4.58. The van der Waals surface area contributed by atoms with Gasteiger partial charge in [-0.2, -0.15) is 15.0 Å². The van der Waals surface area contributed by atoms with Crippen LogP contribution in [-0.2, 0) is 0 Å². The molecule has 1 fully saturated rings. The van der Waals surface area contributed by atoms with E-state index in [0.29, 0.717) is 5.95 Å². The summed E-state index contributed by atoms with van der Waals surface area (Å²) in [6.45, 7) is 4.15. The van der Waals surface area contributed by atoms with E-state index in [4.69, 9.17) is 16.3 Å². The molecule has 1 aliphatic heterocycles. The van der Waals surface area contributed by atoms with Crippen LogP contribution in [0.3, 0.4) is 0 Å². The molecular weight excluding hydrogens is 254 g/mol. The van der Waals surface area contributed by atoms with Crippen LogP contribution >= 0.6 is 11.6 Å². The zero-order chi connectivity index (χ0) is 12.8. The van der Waals surface area contributed by atoms with Crippen LogP contribution < -0.4 is 10.1 Å². The number of methoxy groups -OCH3 is 1. The minimum atomic E-state index is 0.141. The van der Waals surface area contributed by atoms with Crippen LogP contribution in [0.2, 0.25) is 5.28 Å². The number of likely N-dealkylation sites (tertiary alicyclic amines) is 1. The average Bonchev–Trinajstić information content (AvgIpc) is 2.39. The van der Waals surface area contributed by atoms with E-state index >= 15 is 0 Å². The molecule has 7 heteroatoms. The molecule has 0 unspecified atom stereocenters. The van der Waals surface area contributed by atoms with Gasteiger partial charge in [0.1, 0.15) is 0 Å². The molecule has 0 amide bonds. The van der Waals surface area contributed by atoms with Gasteiger partial charge in [-0.15, -0.1) is 0 Å². The summed E-state index contributed by atoms with van der Waals surface area (Å²) in [4.78, 5) is 14.3. The van der Waals surface area contributed by atoms with Gasteiger partial charge in [-0.3, -0.25) is 0 Å². The zero-order valence-corrected chi connectivity index (χ0v) is 11.3. The van der Waals surface area contributed by atoms with E-state index in [-0.39, 0.29) is 11.3 Å². The lowest BCUT2D eigenvalue weighted by Crippen LogP contribution is -2.33. The predicted octanol–water partition coefficient (Wildman–Crippen LogP) is 1.43. The molecule has 1 aromatic rings. The Morgan fingerprint density at radius 1 is 1.22 bits per heavy atom. The molecule has 6 nitrogen and oxygen atoms in total. The zero-order valence-electron chi connectivity index (χ0n) is 10.5. The molecule has 1 aliphatic rings. The van der Waals surface area contributed by atoms with Crippen molar-refractivity contribution in [2.24, 2.45) is 0 Å². The summed E-state index contributed by atoms with van der Waals surface area (Å²) >= 11 is 5.76. The largest absolute Gasteiger partial charge is 0.467 e. The fraction of sp³-hybridized carbons (Fsp3) is 0.727. The molecule has 2 rings (SSSR count). The molecule has 0 spiro atoms. The smallest absolute Gasteiger partial charge is 0.322 e. The highest BCUT2D eigenvalue weighted by Crippen LogP contribution is 2.11. The van der Waals surface area contributed by atoms with Gasteiger partial charge >= 0.3 is 6.01 Å². The monoisotopic (exact) mass is 271 g/mol. The summed E-state index contributed by atoms with van der Waals surface area (Å²) in [5.74, 6) is 0.462. The number of ether oxygens (including phenoxy) is 1. The maximum atomic E-state index is 5.76. The van der Waals surface area contributed by atoms with E-state index in [1.165, 1.54) is 39.5 Å². The first kappa shape index (κ1) is 13.3. The Morgan fingerprint density at radius 2 is 2.00 bits per heavy atom. The van der Waals surface area contributed by atoms with E-state index in [2.05, 4.69) is 25.2 Å². The summed E-state index contributed by atoms with van der Waals surface area (Å²) in [6, 6.07) is 0.232. The van der Waals surface area contributed by atoms with Crippen LogP contribution in [0.15, 0.2) is 0 Å². The lowest BCUT2D eigenvalue weighted by atomic mass is 10.1. The standard InChI is InChI=1S/C11H18ClN5O/c1-18-11-15-9(12)14-10(16-11)13-5-8-17-6-3-2-4-7-17/h2-8H2,1H3,(H,13,14,15,16). The highest BCUT2D eigenvalue weighted by Gasteiger charge is 2.10. The van der Waals surface area contributed by atoms with Crippen molar-refractivity contribution in [3.05, 3.63) is 5.28 Å². The van der Waals surface area contributed by atoms with Gasteiger partial charge in [0.15, 0.2) is 0 Å². The van der Waals surface area contributed by atoms with Crippen LogP contribution in [0.1, 0.15) is 19.3 Å². The van der Waals surface area contributed by atoms with Crippen molar-refractivity contribution >= 4 is 17.5 Å². The summed E-state index contributed by atoms with van der Waals surface area (Å²) in [7, 11) is 1.50. The van der Waals surface area contributed by atoms with Crippen LogP contribution in [0.25, 0.3) is 0 Å². The summed E-state index contributed by atoms with van der Waals surface area (Å²) in [5.41, 5.74) is 0. The number of anilines is 1. The number of nitrogens with zero attached hydrogens (tertiary/aromatic N) is 4. The van der Waals surface area contributed by atoms with E-state index in [1.807, 2.05) is 0 Å². The van der Waals surface area contributed by atoms with Crippen LogP contribution in [-0.4, -0.2) is 53.1 Å². The number of nitrogens with one attached hydrogen (secondary N) is 1. The van der Waals surface area contributed by atoms with Crippen molar-refractivity contribution in [2.45, 2.75) is 19.3 Å². The Hall–Kier alpha value is -1.14. The van der Waals surface area contributed by atoms with Gasteiger partial charge in [-0.1, -0.05) is 6.42 Å². The van der Waals surface area contributed by atoms with Crippen molar-refractivity contribution in [3.63, 3.8) is 0 Å². The van der Waals surface area contributed by atoms with E-state index < -0.39 is 0 Å². The molecule has 0 aliphatic carbocycles. The third-order valence-corrected chi connectivity index (χ3v) is 3.10. The van der Waals surface area contributed by atoms with Gasteiger partial charge in [0.2, 0.25) is 11.2 Å². The Balaban J connectivity index is 1.80. The van der Waals surface area contributed by atoms with Gasteiger partial charge in [0.25, 0.3) is 0 Å². The third kappa shape index (κ3) is 3.96.